The van der Waals surface area contributed by atoms with Gasteiger partial charge in [-0.1, -0.05) is 0 Å². The van der Waals surface area contributed by atoms with Crippen molar-refractivity contribution in [2.24, 2.45) is 5.73 Å². The van der Waals surface area contributed by atoms with Crippen molar-refractivity contribution in [1.82, 2.24) is 0 Å². The molecule has 0 bridgehead atoms. The van der Waals surface area contributed by atoms with Crippen LogP contribution in [0.5, 0.6) is 11.5 Å². The summed E-state index contributed by atoms with van der Waals surface area (Å²) < 4.78 is 10.5. The van der Waals surface area contributed by atoms with Crippen molar-refractivity contribution >= 4 is 0 Å². The Morgan fingerprint density at radius 3 is 2.12 bits per heavy atom. The molecule has 0 spiro atoms. The van der Waals surface area contributed by atoms with Gasteiger partial charge in [0.05, 0.1) is 14.2 Å². The maximum atomic E-state index is 5.94. The Labute approximate surface area is 96.5 Å². The van der Waals surface area contributed by atoms with E-state index in [9.17, 15) is 0 Å². The highest BCUT2D eigenvalue weighted by atomic mass is 16.5. The zero-order valence-electron chi connectivity index (χ0n) is 9.90. The van der Waals surface area contributed by atoms with Crippen LogP contribution < -0.4 is 15.2 Å². The molecule has 3 heteroatoms. The molecule has 0 aliphatic heterocycles. The van der Waals surface area contributed by atoms with Crippen molar-refractivity contribution in [3.63, 3.8) is 0 Å². The predicted molar refractivity (Wildman–Crippen MR) is 64.1 cm³/mol. The zero-order valence-corrected chi connectivity index (χ0v) is 9.90. The van der Waals surface area contributed by atoms with Crippen LogP contribution >= 0.6 is 0 Å². The van der Waals surface area contributed by atoms with Crippen LogP contribution in [0.25, 0.3) is 0 Å². The highest BCUT2D eigenvalue weighted by Crippen LogP contribution is 2.36. The molecule has 2 rings (SSSR count). The van der Waals surface area contributed by atoms with Crippen LogP contribution in [-0.4, -0.2) is 20.3 Å². The van der Waals surface area contributed by atoms with Crippen molar-refractivity contribution < 1.29 is 9.47 Å². The maximum absolute atomic E-state index is 5.94. The Bertz CT molecular complexity index is 343. The van der Waals surface area contributed by atoms with Gasteiger partial charge in [0.15, 0.2) is 0 Å². The van der Waals surface area contributed by atoms with Gasteiger partial charge in [0.1, 0.15) is 11.5 Å². The molecule has 1 aromatic rings. The fourth-order valence-corrected chi connectivity index (χ4v) is 2.38. The average molecular weight is 221 g/mol. The number of methoxy groups -OCH3 is 2. The van der Waals surface area contributed by atoms with Gasteiger partial charge in [-0.3, -0.25) is 0 Å². The topological polar surface area (TPSA) is 44.5 Å². The zero-order chi connectivity index (χ0) is 11.5. The third kappa shape index (κ3) is 2.30. The van der Waals surface area contributed by atoms with Gasteiger partial charge in [0.25, 0.3) is 0 Å². The minimum absolute atomic E-state index is 0.349. The molecule has 3 nitrogen and oxygen atoms in total. The van der Waals surface area contributed by atoms with E-state index in [1.54, 1.807) is 14.2 Å². The normalized spacial score (nSPS) is 24.4. The predicted octanol–water partition coefficient (Wildman–Crippen LogP) is 2.30. The van der Waals surface area contributed by atoms with Gasteiger partial charge in [-0.25, -0.2) is 0 Å². The Morgan fingerprint density at radius 1 is 1.06 bits per heavy atom. The molecule has 1 aromatic carbocycles. The van der Waals surface area contributed by atoms with E-state index in [4.69, 9.17) is 15.2 Å². The molecule has 2 atom stereocenters. The fourth-order valence-electron chi connectivity index (χ4n) is 2.38. The van der Waals surface area contributed by atoms with Crippen molar-refractivity contribution in [2.45, 2.75) is 31.2 Å². The van der Waals surface area contributed by atoms with Crippen molar-refractivity contribution in [3.8, 4) is 11.5 Å². The number of ether oxygens (including phenoxy) is 2. The van der Waals surface area contributed by atoms with E-state index in [1.165, 1.54) is 5.56 Å². The molecule has 0 heterocycles. The molecular formula is C13H19NO2. The lowest BCUT2D eigenvalue weighted by Crippen LogP contribution is -2.14. The van der Waals surface area contributed by atoms with Crippen LogP contribution in [0, 0.1) is 0 Å². The second kappa shape index (κ2) is 4.74. The van der Waals surface area contributed by atoms with E-state index in [2.05, 4.69) is 12.1 Å². The molecule has 1 aliphatic carbocycles. The molecule has 0 radical (unpaired) electrons. The number of hydrogen-bond acceptors (Lipinski definition) is 3. The minimum Gasteiger partial charge on any atom is -0.497 e. The van der Waals surface area contributed by atoms with Crippen LogP contribution in [0.15, 0.2) is 18.2 Å². The van der Waals surface area contributed by atoms with Gasteiger partial charge in [0, 0.05) is 12.1 Å². The number of benzene rings is 1. The molecule has 0 amide bonds. The summed E-state index contributed by atoms with van der Waals surface area (Å²) >= 11 is 0. The average Bonchev–Trinajstić information content (AvgIpc) is 2.75. The van der Waals surface area contributed by atoms with Crippen LogP contribution in [0.3, 0.4) is 0 Å². The molecule has 0 saturated heterocycles. The first kappa shape index (κ1) is 11.3. The van der Waals surface area contributed by atoms with E-state index < -0.39 is 0 Å². The highest BCUT2D eigenvalue weighted by molar-refractivity contribution is 5.40. The summed E-state index contributed by atoms with van der Waals surface area (Å²) in [5.41, 5.74) is 7.22. The number of hydrogen-bond donors (Lipinski definition) is 1. The van der Waals surface area contributed by atoms with Gasteiger partial charge in [-0.05, 0) is 42.9 Å². The number of rotatable bonds is 3. The van der Waals surface area contributed by atoms with Crippen LogP contribution in [0.2, 0.25) is 0 Å². The van der Waals surface area contributed by atoms with Crippen LogP contribution in [-0.2, 0) is 0 Å². The summed E-state index contributed by atoms with van der Waals surface area (Å²) in [6.07, 6.45) is 3.35. The quantitative estimate of drug-likeness (QED) is 0.851. The first-order valence-electron chi connectivity index (χ1n) is 5.71. The first-order chi connectivity index (χ1) is 7.72. The van der Waals surface area contributed by atoms with Crippen molar-refractivity contribution in [1.29, 1.82) is 0 Å². The van der Waals surface area contributed by atoms with E-state index >= 15 is 0 Å². The van der Waals surface area contributed by atoms with Gasteiger partial charge in [-0.15, -0.1) is 0 Å². The molecule has 1 aliphatic rings. The molecule has 2 unspecified atom stereocenters. The molecule has 88 valence electrons. The number of nitrogens with two attached hydrogens (primary N) is 1. The summed E-state index contributed by atoms with van der Waals surface area (Å²) in [5.74, 6) is 2.27. The molecule has 0 aromatic heterocycles. The van der Waals surface area contributed by atoms with E-state index in [-0.39, 0.29) is 0 Å². The summed E-state index contributed by atoms with van der Waals surface area (Å²) in [6.45, 7) is 0. The molecule has 2 N–H and O–H groups in total. The van der Waals surface area contributed by atoms with Gasteiger partial charge >= 0.3 is 0 Å². The third-order valence-corrected chi connectivity index (χ3v) is 3.32. The van der Waals surface area contributed by atoms with Crippen LogP contribution in [0.4, 0.5) is 0 Å². The summed E-state index contributed by atoms with van der Waals surface area (Å²) in [7, 11) is 3.36. The highest BCUT2D eigenvalue weighted by Gasteiger charge is 2.23. The van der Waals surface area contributed by atoms with Gasteiger partial charge < -0.3 is 15.2 Å². The van der Waals surface area contributed by atoms with Crippen LogP contribution in [0.1, 0.15) is 30.7 Å². The second-order valence-electron chi connectivity index (χ2n) is 4.42. The summed E-state index contributed by atoms with van der Waals surface area (Å²) in [5, 5.41) is 0. The summed E-state index contributed by atoms with van der Waals surface area (Å²) in [4.78, 5) is 0. The van der Waals surface area contributed by atoms with Crippen molar-refractivity contribution in [3.05, 3.63) is 23.8 Å². The Hall–Kier alpha value is -1.22. The molecule has 1 fully saturated rings. The summed E-state index contributed by atoms with van der Waals surface area (Å²) in [6, 6.07) is 6.43. The smallest absolute Gasteiger partial charge is 0.122 e. The lowest BCUT2D eigenvalue weighted by molar-refractivity contribution is 0.392. The first-order valence-corrected chi connectivity index (χ1v) is 5.71. The largest absolute Gasteiger partial charge is 0.497 e. The minimum atomic E-state index is 0.349. The van der Waals surface area contributed by atoms with E-state index in [0.717, 1.165) is 30.8 Å². The van der Waals surface area contributed by atoms with E-state index in [1.807, 2.05) is 6.07 Å². The van der Waals surface area contributed by atoms with E-state index in [0.29, 0.717) is 12.0 Å². The van der Waals surface area contributed by atoms with Crippen molar-refractivity contribution in [2.75, 3.05) is 14.2 Å². The maximum Gasteiger partial charge on any atom is 0.122 e. The Balaban J connectivity index is 2.25. The van der Waals surface area contributed by atoms with Gasteiger partial charge in [0.2, 0.25) is 0 Å². The lowest BCUT2D eigenvalue weighted by Gasteiger charge is -2.13. The third-order valence-electron chi connectivity index (χ3n) is 3.32. The monoisotopic (exact) mass is 221 g/mol. The molecular weight excluding hydrogens is 202 g/mol. The molecule has 16 heavy (non-hydrogen) atoms. The Morgan fingerprint density at radius 2 is 1.69 bits per heavy atom. The SMILES string of the molecule is COc1cc(OC)cc(C2CCC(N)C2)c1. The molecule has 1 saturated carbocycles. The lowest BCUT2D eigenvalue weighted by atomic mass is 9.97. The fraction of sp³-hybridized carbons (Fsp3) is 0.538. The second-order valence-corrected chi connectivity index (χ2v) is 4.42. The Kier molecular flexibility index (Phi) is 3.34. The standard InChI is InChI=1S/C13H19NO2/c1-15-12-6-10(7-13(8-12)16-2)9-3-4-11(14)5-9/h6-9,11H,3-5,14H2,1-2H3. The van der Waals surface area contributed by atoms with Gasteiger partial charge in [-0.2, -0.15) is 0 Å².